The zero-order valence-electron chi connectivity index (χ0n) is 16.5. The Kier molecular flexibility index (Phi) is 4.74. The lowest BCUT2D eigenvalue weighted by Gasteiger charge is -2.13. The van der Waals surface area contributed by atoms with Crippen molar-refractivity contribution in [2.45, 2.75) is 31.6 Å². The third-order valence-electron chi connectivity index (χ3n) is 5.49. The second-order valence-corrected chi connectivity index (χ2v) is 8.12. The number of aromatic nitrogens is 4. The molecular formula is C22H16ClF3N4O2. The van der Waals surface area contributed by atoms with E-state index in [0.29, 0.717) is 16.3 Å². The van der Waals surface area contributed by atoms with Gasteiger partial charge in [-0.1, -0.05) is 35.9 Å². The molecule has 0 unspecified atom stereocenters. The SMILES string of the molecule is O=c1c2c(ncn2Cc2ccc(C(F)(F)F)cc2)n(-c2ccccc2Cl)c(=O)n1C1CC1. The molecule has 1 saturated carbocycles. The van der Waals surface area contributed by atoms with Crippen molar-refractivity contribution in [3.05, 3.63) is 91.8 Å². The normalized spacial score (nSPS) is 14.2. The third kappa shape index (κ3) is 3.42. The molecule has 2 aromatic carbocycles. The largest absolute Gasteiger partial charge is 0.416 e. The maximum Gasteiger partial charge on any atom is 0.416 e. The summed E-state index contributed by atoms with van der Waals surface area (Å²) in [4.78, 5) is 30.8. The number of fused-ring (bicyclic) bond motifs is 1. The smallest absolute Gasteiger partial charge is 0.320 e. The van der Waals surface area contributed by atoms with Crippen LogP contribution in [-0.4, -0.2) is 18.7 Å². The van der Waals surface area contributed by atoms with Gasteiger partial charge in [0.05, 0.1) is 22.6 Å². The fourth-order valence-corrected chi connectivity index (χ4v) is 3.99. The molecular weight excluding hydrogens is 445 g/mol. The summed E-state index contributed by atoms with van der Waals surface area (Å²) in [5.41, 5.74) is -0.435. The summed E-state index contributed by atoms with van der Waals surface area (Å²) in [5, 5.41) is 0.328. The van der Waals surface area contributed by atoms with Crippen LogP contribution in [0.25, 0.3) is 16.9 Å². The van der Waals surface area contributed by atoms with Gasteiger partial charge < -0.3 is 4.57 Å². The van der Waals surface area contributed by atoms with Gasteiger partial charge in [-0.05, 0) is 42.7 Å². The van der Waals surface area contributed by atoms with Gasteiger partial charge in [0, 0.05) is 12.6 Å². The molecule has 1 fully saturated rings. The monoisotopic (exact) mass is 460 g/mol. The van der Waals surface area contributed by atoms with Crippen LogP contribution in [0.3, 0.4) is 0 Å². The molecule has 0 saturated heterocycles. The summed E-state index contributed by atoms with van der Waals surface area (Å²) in [5.74, 6) is 0. The lowest BCUT2D eigenvalue weighted by molar-refractivity contribution is -0.137. The summed E-state index contributed by atoms with van der Waals surface area (Å²) >= 11 is 6.33. The second kappa shape index (κ2) is 7.37. The molecule has 1 aliphatic rings. The summed E-state index contributed by atoms with van der Waals surface area (Å²) in [7, 11) is 0. The van der Waals surface area contributed by atoms with Crippen molar-refractivity contribution in [1.82, 2.24) is 18.7 Å². The highest BCUT2D eigenvalue weighted by molar-refractivity contribution is 6.32. The first-order chi connectivity index (χ1) is 15.3. The zero-order chi connectivity index (χ0) is 22.6. The molecule has 0 aliphatic heterocycles. The van der Waals surface area contributed by atoms with E-state index in [1.54, 1.807) is 28.8 Å². The highest BCUT2D eigenvalue weighted by Crippen LogP contribution is 2.33. The van der Waals surface area contributed by atoms with Crippen molar-refractivity contribution < 1.29 is 13.2 Å². The molecule has 0 radical (unpaired) electrons. The van der Waals surface area contributed by atoms with E-state index in [9.17, 15) is 22.8 Å². The lowest BCUT2D eigenvalue weighted by Crippen LogP contribution is -2.39. The van der Waals surface area contributed by atoms with E-state index in [-0.39, 0.29) is 23.8 Å². The van der Waals surface area contributed by atoms with Crippen molar-refractivity contribution in [2.75, 3.05) is 0 Å². The van der Waals surface area contributed by atoms with Crippen LogP contribution in [-0.2, 0) is 12.7 Å². The minimum Gasteiger partial charge on any atom is -0.320 e. The fraction of sp³-hybridized carbons (Fsp3) is 0.227. The van der Waals surface area contributed by atoms with E-state index >= 15 is 0 Å². The number of hydrogen-bond donors (Lipinski definition) is 0. The summed E-state index contributed by atoms with van der Waals surface area (Å²) in [6, 6.07) is 11.3. The molecule has 0 N–H and O–H groups in total. The van der Waals surface area contributed by atoms with Crippen LogP contribution in [0.2, 0.25) is 5.02 Å². The minimum absolute atomic E-state index is 0.120. The number of hydrogen-bond acceptors (Lipinski definition) is 3. The first-order valence-electron chi connectivity index (χ1n) is 9.89. The number of alkyl halides is 3. The predicted octanol–water partition coefficient (Wildman–Crippen LogP) is 4.40. The van der Waals surface area contributed by atoms with Crippen LogP contribution in [0.1, 0.15) is 30.0 Å². The van der Waals surface area contributed by atoms with Gasteiger partial charge in [0.2, 0.25) is 0 Å². The molecule has 164 valence electrons. The van der Waals surface area contributed by atoms with Gasteiger partial charge in [-0.15, -0.1) is 0 Å². The van der Waals surface area contributed by atoms with E-state index in [0.717, 1.165) is 25.0 Å². The molecule has 4 aromatic rings. The molecule has 5 rings (SSSR count). The molecule has 0 atom stereocenters. The predicted molar refractivity (Wildman–Crippen MR) is 113 cm³/mol. The van der Waals surface area contributed by atoms with Crippen LogP contribution in [0.15, 0.2) is 64.4 Å². The number of benzene rings is 2. The fourth-order valence-electron chi connectivity index (χ4n) is 3.77. The maximum atomic E-state index is 13.3. The van der Waals surface area contributed by atoms with Crippen LogP contribution in [0, 0.1) is 0 Å². The molecule has 1 aliphatic carbocycles. The van der Waals surface area contributed by atoms with Crippen molar-refractivity contribution >= 4 is 22.8 Å². The molecule has 0 amide bonds. The Hall–Kier alpha value is -3.33. The first-order valence-corrected chi connectivity index (χ1v) is 10.3. The highest BCUT2D eigenvalue weighted by Gasteiger charge is 2.31. The molecule has 10 heteroatoms. The van der Waals surface area contributed by atoms with Gasteiger partial charge in [-0.2, -0.15) is 13.2 Å². The topological polar surface area (TPSA) is 61.8 Å². The van der Waals surface area contributed by atoms with Gasteiger partial charge >= 0.3 is 11.9 Å². The Labute approximate surface area is 184 Å². The van der Waals surface area contributed by atoms with Gasteiger partial charge in [0.1, 0.15) is 0 Å². The maximum absolute atomic E-state index is 13.3. The van der Waals surface area contributed by atoms with Crippen LogP contribution in [0.4, 0.5) is 13.2 Å². The Morgan fingerprint density at radius 3 is 2.34 bits per heavy atom. The summed E-state index contributed by atoms with van der Waals surface area (Å²) in [6.45, 7) is 0.120. The summed E-state index contributed by atoms with van der Waals surface area (Å²) < 4.78 is 42.7. The van der Waals surface area contributed by atoms with Crippen molar-refractivity contribution in [3.8, 4) is 5.69 Å². The minimum atomic E-state index is -4.43. The van der Waals surface area contributed by atoms with E-state index in [2.05, 4.69) is 4.98 Å². The molecule has 0 spiro atoms. The Morgan fingerprint density at radius 1 is 1.03 bits per heavy atom. The molecule has 2 heterocycles. The van der Waals surface area contributed by atoms with Gasteiger partial charge in [0.25, 0.3) is 5.56 Å². The first kappa shape index (κ1) is 20.6. The number of imidazole rings is 1. The Morgan fingerprint density at radius 2 is 1.72 bits per heavy atom. The highest BCUT2D eigenvalue weighted by atomic mass is 35.5. The third-order valence-corrected chi connectivity index (χ3v) is 5.81. The molecule has 0 bridgehead atoms. The van der Waals surface area contributed by atoms with Crippen LogP contribution in [0.5, 0.6) is 0 Å². The van der Waals surface area contributed by atoms with E-state index < -0.39 is 23.0 Å². The average molecular weight is 461 g/mol. The zero-order valence-corrected chi connectivity index (χ0v) is 17.3. The van der Waals surface area contributed by atoms with Crippen molar-refractivity contribution in [3.63, 3.8) is 0 Å². The van der Waals surface area contributed by atoms with Gasteiger partial charge in [-0.3, -0.25) is 9.36 Å². The number of halogens is 4. The van der Waals surface area contributed by atoms with Gasteiger partial charge in [0.15, 0.2) is 11.2 Å². The van der Waals surface area contributed by atoms with Gasteiger partial charge in [-0.25, -0.2) is 14.3 Å². The standard InChI is InChI=1S/C22H16ClF3N4O2/c23-16-3-1-2-4-17(16)30-19-18(20(31)29(21(30)32)15-9-10-15)28(12-27-19)11-13-5-7-14(8-6-13)22(24,25)26/h1-8,12,15H,9-11H2. The van der Waals surface area contributed by atoms with E-state index in [1.807, 2.05) is 0 Å². The summed E-state index contributed by atoms with van der Waals surface area (Å²) in [6.07, 6.45) is -1.58. The Bertz CT molecular complexity index is 1450. The molecule has 2 aromatic heterocycles. The average Bonchev–Trinajstić information content (AvgIpc) is 3.49. The molecule has 32 heavy (non-hydrogen) atoms. The molecule has 6 nitrogen and oxygen atoms in total. The van der Waals surface area contributed by atoms with Crippen LogP contribution >= 0.6 is 11.6 Å². The number of rotatable bonds is 4. The van der Waals surface area contributed by atoms with Crippen LogP contribution < -0.4 is 11.2 Å². The Balaban J connectivity index is 1.69. The lowest BCUT2D eigenvalue weighted by atomic mass is 10.1. The second-order valence-electron chi connectivity index (χ2n) is 7.72. The van der Waals surface area contributed by atoms with Crippen molar-refractivity contribution in [2.24, 2.45) is 0 Å². The number of nitrogens with zero attached hydrogens (tertiary/aromatic N) is 4. The van der Waals surface area contributed by atoms with E-state index in [4.69, 9.17) is 11.6 Å². The quantitative estimate of drug-likeness (QED) is 0.453. The van der Waals surface area contributed by atoms with Crippen molar-refractivity contribution in [1.29, 1.82) is 0 Å². The van der Waals surface area contributed by atoms with E-state index in [1.165, 1.54) is 27.6 Å². The number of para-hydroxylation sites is 1.